The summed E-state index contributed by atoms with van der Waals surface area (Å²) >= 11 is -2.02. The molecule has 14 heavy (non-hydrogen) atoms. The molecule has 0 amide bonds. The maximum atomic E-state index is 10.9. The molecular formula is C8H12N2O3S. The van der Waals surface area contributed by atoms with Crippen LogP contribution in [0.15, 0.2) is 11.1 Å². The minimum absolute atomic E-state index is 0.0211. The molecule has 0 aromatic carbocycles. The third-order valence-corrected chi connectivity index (χ3v) is 2.78. The summed E-state index contributed by atoms with van der Waals surface area (Å²) in [5, 5.41) is 4.01. The van der Waals surface area contributed by atoms with Crippen molar-refractivity contribution in [3.8, 4) is 5.88 Å². The molecule has 0 saturated heterocycles. The van der Waals surface area contributed by atoms with Gasteiger partial charge in [-0.25, -0.2) is 8.89 Å². The van der Waals surface area contributed by atoms with E-state index < -0.39 is 11.1 Å². The van der Waals surface area contributed by atoms with Crippen LogP contribution in [0.2, 0.25) is 0 Å². The predicted octanol–water partition coefficient (Wildman–Crippen LogP) is 0.882. The summed E-state index contributed by atoms with van der Waals surface area (Å²) in [5.74, 6) is 0.421. The van der Waals surface area contributed by atoms with E-state index in [1.807, 2.05) is 0 Å². The molecular weight excluding hydrogens is 204 g/mol. The van der Waals surface area contributed by atoms with Gasteiger partial charge in [0.2, 0.25) is 5.88 Å². The lowest BCUT2D eigenvalue weighted by atomic mass is 9.94. The quantitative estimate of drug-likeness (QED) is 0.708. The number of hydrogen-bond donors (Lipinski definition) is 1. The lowest BCUT2D eigenvalue weighted by molar-refractivity contribution is 0.0970. The minimum atomic E-state index is -2.02. The van der Waals surface area contributed by atoms with Crippen molar-refractivity contribution in [3.63, 3.8) is 0 Å². The van der Waals surface area contributed by atoms with E-state index in [9.17, 15) is 4.21 Å². The number of ether oxygens (including phenoxy) is 1. The van der Waals surface area contributed by atoms with Crippen LogP contribution in [0.25, 0.3) is 0 Å². The van der Waals surface area contributed by atoms with E-state index in [1.165, 1.54) is 6.20 Å². The van der Waals surface area contributed by atoms with Crippen LogP contribution in [-0.4, -0.2) is 25.1 Å². The first-order valence-corrected chi connectivity index (χ1v) is 5.40. The summed E-state index contributed by atoms with van der Waals surface area (Å²) in [4.78, 5) is 0.250. The number of fused-ring (bicyclic) bond motifs is 1. The molecule has 0 spiro atoms. The van der Waals surface area contributed by atoms with Crippen LogP contribution in [-0.2, 0) is 17.6 Å². The van der Waals surface area contributed by atoms with Crippen molar-refractivity contribution in [1.82, 2.24) is 9.78 Å². The molecule has 1 aromatic heterocycles. The third kappa shape index (κ3) is 1.55. The number of hydrogen-bond acceptors (Lipinski definition) is 3. The first-order chi connectivity index (χ1) is 6.49. The van der Waals surface area contributed by atoms with Crippen LogP contribution < -0.4 is 4.74 Å². The Morgan fingerprint density at radius 1 is 1.71 bits per heavy atom. The minimum Gasteiger partial charge on any atom is -0.476 e. The van der Waals surface area contributed by atoms with Gasteiger partial charge in [0.25, 0.3) is 0 Å². The van der Waals surface area contributed by atoms with E-state index in [0.717, 1.165) is 0 Å². The molecule has 5 nitrogen and oxygen atoms in total. The van der Waals surface area contributed by atoms with E-state index >= 15 is 0 Å². The molecule has 6 heteroatoms. The van der Waals surface area contributed by atoms with Crippen LogP contribution in [0.3, 0.4) is 0 Å². The highest BCUT2D eigenvalue weighted by Crippen LogP contribution is 2.31. The van der Waals surface area contributed by atoms with Gasteiger partial charge in [-0.1, -0.05) is 13.8 Å². The molecule has 1 aromatic rings. The van der Waals surface area contributed by atoms with E-state index in [0.29, 0.717) is 19.0 Å². The van der Waals surface area contributed by atoms with Crippen LogP contribution in [0.4, 0.5) is 0 Å². The molecule has 1 atom stereocenters. The first kappa shape index (κ1) is 9.67. The Bertz CT molecular complexity index is 386. The normalized spacial score (nSPS) is 21.1. The molecule has 0 radical (unpaired) electrons. The molecule has 2 rings (SSSR count). The molecule has 0 aliphatic carbocycles. The summed E-state index contributed by atoms with van der Waals surface area (Å²) in [6, 6.07) is 0. The van der Waals surface area contributed by atoms with E-state index in [1.54, 1.807) is 4.68 Å². The second-order valence-corrected chi connectivity index (χ2v) is 5.11. The number of aromatic nitrogens is 2. The monoisotopic (exact) mass is 216 g/mol. The Labute approximate surface area is 84.3 Å². The van der Waals surface area contributed by atoms with Crippen LogP contribution in [0, 0.1) is 5.41 Å². The molecule has 78 valence electrons. The average Bonchev–Trinajstić information content (AvgIpc) is 2.44. The van der Waals surface area contributed by atoms with Gasteiger partial charge in [-0.3, -0.25) is 0 Å². The van der Waals surface area contributed by atoms with Crippen molar-refractivity contribution < 1.29 is 13.5 Å². The molecule has 0 saturated carbocycles. The lowest BCUT2D eigenvalue weighted by Crippen LogP contribution is -2.33. The lowest BCUT2D eigenvalue weighted by Gasteiger charge is -2.30. The van der Waals surface area contributed by atoms with Gasteiger partial charge in [-0.2, -0.15) is 5.10 Å². The fourth-order valence-electron chi connectivity index (χ4n) is 1.45. The average molecular weight is 216 g/mol. The van der Waals surface area contributed by atoms with Crippen LogP contribution in [0.1, 0.15) is 13.8 Å². The zero-order valence-electron chi connectivity index (χ0n) is 8.06. The van der Waals surface area contributed by atoms with Crippen molar-refractivity contribution in [1.29, 1.82) is 0 Å². The second-order valence-electron chi connectivity index (χ2n) is 4.17. The number of rotatable bonds is 1. The molecule has 1 unspecified atom stereocenters. The standard InChI is InChI=1S/C8H12N2O3S/c1-8(2)4-10-7(13-5-8)6(3-9-10)14(11)12/h3H,4-5H2,1-2H3,(H,11,12). The largest absolute Gasteiger partial charge is 0.476 e. The van der Waals surface area contributed by atoms with E-state index in [-0.39, 0.29) is 10.3 Å². The zero-order chi connectivity index (χ0) is 10.3. The predicted molar refractivity (Wildman–Crippen MR) is 50.5 cm³/mol. The summed E-state index contributed by atoms with van der Waals surface area (Å²) in [5.41, 5.74) is 0.0211. The third-order valence-electron chi connectivity index (χ3n) is 2.13. The Morgan fingerprint density at radius 2 is 2.43 bits per heavy atom. The Hall–Kier alpha value is -0.880. The smallest absolute Gasteiger partial charge is 0.230 e. The number of nitrogens with zero attached hydrogens (tertiary/aromatic N) is 2. The molecule has 0 fully saturated rings. The van der Waals surface area contributed by atoms with Gasteiger partial charge in [0, 0.05) is 5.41 Å². The van der Waals surface area contributed by atoms with Crippen molar-refractivity contribution in [2.45, 2.75) is 25.3 Å². The second kappa shape index (κ2) is 3.06. The highest BCUT2D eigenvalue weighted by atomic mass is 32.2. The Balaban J connectivity index is 2.39. The van der Waals surface area contributed by atoms with Crippen LogP contribution >= 0.6 is 0 Å². The maximum absolute atomic E-state index is 10.9. The molecule has 2 heterocycles. The Morgan fingerprint density at radius 3 is 3.07 bits per heavy atom. The fourth-order valence-corrected chi connectivity index (χ4v) is 1.90. The van der Waals surface area contributed by atoms with Gasteiger partial charge in [-0.05, 0) is 0 Å². The molecule has 0 bridgehead atoms. The summed E-state index contributed by atoms with van der Waals surface area (Å²) in [7, 11) is 0. The highest BCUT2D eigenvalue weighted by molar-refractivity contribution is 7.79. The Kier molecular flexibility index (Phi) is 2.11. The van der Waals surface area contributed by atoms with Crippen molar-refractivity contribution >= 4 is 11.1 Å². The molecule has 1 aliphatic heterocycles. The van der Waals surface area contributed by atoms with Crippen molar-refractivity contribution in [2.24, 2.45) is 5.41 Å². The molecule has 1 N–H and O–H groups in total. The summed E-state index contributed by atoms with van der Waals surface area (Å²) < 4.78 is 26.9. The van der Waals surface area contributed by atoms with Gasteiger partial charge in [0.05, 0.1) is 19.3 Å². The SMILES string of the molecule is CC1(C)COc2c(S(=O)O)cnn2C1. The van der Waals surface area contributed by atoms with Gasteiger partial charge in [0.15, 0.2) is 11.1 Å². The van der Waals surface area contributed by atoms with Gasteiger partial charge in [0.1, 0.15) is 4.90 Å². The highest BCUT2D eigenvalue weighted by Gasteiger charge is 2.30. The van der Waals surface area contributed by atoms with Crippen LogP contribution in [0.5, 0.6) is 5.88 Å². The van der Waals surface area contributed by atoms with Crippen molar-refractivity contribution in [3.05, 3.63) is 6.20 Å². The zero-order valence-corrected chi connectivity index (χ0v) is 8.87. The fraction of sp³-hybridized carbons (Fsp3) is 0.625. The van der Waals surface area contributed by atoms with E-state index in [4.69, 9.17) is 9.29 Å². The van der Waals surface area contributed by atoms with Gasteiger partial charge < -0.3 is 9.29 Å². The summed E-state index contributed by atoms with van der Waals surface area (Å²) in [6.45, 7) is 5.38. The van der Waals surface area contributed by atoms with E-state index in [2.05, 4.69) is 18.9 Å². The van der Waals surface area contributed by atoms with Gasteiger partial charge in [-0.15, -0.1) is 0 Å². The van der Waals surface area contributed by atoms with Crippen molar-refractivity contribution in [2.75, 3.05) is 6.61 Å². The topological polar surface area (TPSA) is 64.3 Å². The van der Waals surface area contributed by atoms with Gasteiger partial charge >= 0.3 is 0 Å². The first-order valence-electron chi connectivity index (χ1n) is 4.29. The summed E-state index contributed by atoms with van der Waals surface area (Å²) in [6.07, 6.45) is 1.38. The molecule has 1 aliphatic rings. The maximum Gasteiger partial charge on any atom is 0.230 e.